The van der Waals surface area contributed by atoms with Crippen LogP contribution in [0.4, 0.5) is 0 Å². The first-order valence-corrected chi connectivity index (χ1v) is 7.90. The van der Waals surface area contributed by atoms with Crippen molar-refractivity contribution >= 4 is 27.8 Å². The number of carbonyl (C=O) groups excluding carboxylic acids is 1. The van der Waals surface area contributed by atoms with Crippen molar-refractivity contribution in [2.75, 3.05) is 0 Å². The van der Waals surface area contributed by atoms with Gasteiger partial charge in [0.15, 0.2) is 0 Å². The molecule has 0 radical (unpaired) electrons. The molecule has 0 heterocycles. The Balaban J connectivity index is 2.01. The Morgan fingerprint density at radius 1 is 1.19 bits per heavy atom. The van der Waals surface area contributed by atoms with E-state index in [9.17, 15) is 9.59 Å². The molecule has 2 rings (SSSR count). The molecular weight excluding hydrogens is 334 g/mol. The van der Waals surface area contributed by atoms with Gasteiger partial charge in [0, 0.05) is 10.4 Å². The maximum atomic E-state index is 12.4. The zero-order valence-electron chi connectivity index (χ0n) is 12.2. The van der Waals surface area contributed by atoms with Gasteiger partial charge in [0.1, 0.15) is 0 Å². The van der Waals surface area contributed by atoms with Crippen molar-refractivity contribution in [2.24, 2.45) is 11.8 Å². The molecule has 0 aromatic heterocycles. The third-order valence-corrected chi connectivity index (χ3v) is 4.68. The minimum absolute atomic E-state index is 0.0494. The van der Waals surface area contributed by atoms with E-state index in [1.165, 1.54) is 0 Å². The number of amides is 1. The van der Waals surface area contributed by atoms with E-state index in [1.54, 1.807) is 0 Å². The minimum Gasteiger partial charge on any atom is -0.481 e. The van der Waals surface area contributed by atoms with Gasteiger partial charge in [0.25, 0.3) is 0 Å². The molecule has 0 aliphatic heterocycles. The van der Waals surface area contributed by atoms with Crippen LogP contribution in [0.25, 0.3) is 0 Å². The molecule has 21 heavy (non-hydrogen) atoms. The van der Waals surface area contributed by atoms with Crippen LogP contribution in [-0.4, -0.2) is 17.0 Å². The smallest absolute Gasteiger partial charge is 0.306 e. The molecule has 1 fully saturated rings. The molecule has 0 bridgehead atoms. The molecule has 2 unspecified atom stereocenters. The summed E-state index contributed by atoms with van der Waals surface area (Å²) in [7, 11) is 0. The van der Waals surface area contributed by atoms with Crippen LogP contribution in [0.15, 0.2) is 28.7 Å². The third-order valence-electron chi connectivity index (χ3n) is 4.15. The lowest BCUT2D eigenvalue weighted by molar-refractivity contribution is -0.141. The predicted octanol–water partition coefficient (Wildman–Crippen LogP) is 3.30. The zero-order valence-corrected chi connectivity index (χ0v) is 13.8. The average Bonchev–Trinajstić information content (AvgIpc) is 2.88. The van der Waals surface area contributed by atoms with Gasteiger partial charge in [0.2, 0.25) is 5.91 Å². The van der Waals surface area contributed by atoms with Crippen molar-refractivity contribution in [3.05, 3.63) is 34.3 Å². The van der Waals surface area contributed by atoms with E-state index in [2.05, 4.69) is 21.2 Å². The number of carbonyl (C=O) groups is 2. The van der Waals surface area contributed by atoms with Gasteiger partial charge in [-0.15, -0.1) is 0 Å². The van der Waals surface area contributed by atoms with Gasteiger partial charge in [-0.2, -0.15) is 0 Å². The van der Waals surface area contributed by atoms with E-state index >= 15 is 0 Å². The van der Waals surface area contributed by atoms with Crippen LogP contribution in [0, 0.1) is 11.8 Å². The van der Waals surface area contributed by atoms with Crippen molar-refractivity contribution in [3.63, 3.8) is 0 Å². The second-order valence-corrected chi connectivity index (χ2v) is 7.08. The van der Waals surface area contributed by atoms with E-state index < -0.39 is 11.5 Å². The number of carboxylic acids is 1. The molecule has 5 heteroatoms. The van der Waals surface area contributed by atoms with E-state index in [-0.39, 0.29) is 17.7 Å². The lowest BCUT2D eigenvalue weighted by atomic mass is 9.93. The van der Waals surface area contributed by atoms with Crippen molar-refractivity contribution in [1.29, 1.82) is 0 Å². The van der Waals surface area contributed by atoms with Crippen LogP contribution < -0.4 is 5.32 Å². The summed E-state index contributed by atoms with van der Waals surface area (Å²) >= 11 is 3.39. The van der Waals surface area contributed by atoms with Crippen molar-refractivity contribution in [3.8, 4) is 0 Å². The van der Waals surface area contributed by atoms with Crippen LogP contribution in [0.1, 0.15) is 38.7 Å². The Morgan fingerprint density at radius 3 is 2.29 bits per heavy atom. The number of rotatable bonds is 4. The molecule has 114 valence electrons. The Kier molecular flexibility index (Phi) is 4.71. The molecule has 1 aromatic rings. The molecule has 4 nitrogen and oxygen atoms in total. The summed E-state index contributed by atoms with van der Waals surface area (Å²) < 4.78 is 0.994. The molecule has 0 spiro atoms. The van der Waals surface area contributed by atoms with Crippen LogP contribution in [0.5, 0.6) is 0 Å². The van der Waals surface area contributed by atoms with E-state index in [0.29, 0.717) is 19.3 Å². The SMILES string of the molecule is CC(C)(NC(=O)C1CCC(C(=O)O)C1)c1ccc(Br)cc1. The zero-order chi connectivity index (χ0) is 15.6. The van der Waals surface area contributed by atoms with Gasteiger partial charge in [-0.3, -0.25) is 9.59 Å². The summed E-state index contributed by atoms with van der Waals surface area (Å²) in [5.74, 6) is -1.42. The van der Waals surface area contributed by atoms with Gasteiger partial charge >= 0.3 is 5.97 Å². The highest BCUT2D eigenvalue weighted by Gasteiger charge is 2.35. The minimum atomic E-state index is -0.794. The Hall–Kier alpha value is -1.36. The number of hydrogen-bond acceptors (Lipinski definition) is 2. The van der Waals surface area contributed by atoms with E-state index in [4.69, 9.17) is 5.11 Å². The molecule has 2 N–H and O–H groups in total. The predicted molar refractivity (Wildman–Crippen MR) is 83.8 cm³/mol. The molecule has 1 saturated carbocycles. The van der Waals surface area contributed by atoms with E-state index in [1.807, 2.05) is 38.1 Å². The van der Waals surface area contributed by atoms with Gasteiger partial charge in [-0.05, 0) is 50.8 Å². The van der Waals surface area contributed by atoms with Gasteiger partial charge < -0.3 is 10.4 Å². The van der Waals surface area contributed by atoms with Crippen LogP contribution in [0.3, 0.4) is 0 Å². The highest BCUT2D eigenvalue weighted by Crippen LogP contribution is 2.32. The highest BCUT2D eigenvalue weighted by atomic mass is 79.9. The van der Waals surface area contributed by atoms with E-state index in [0.717, 1.165) is 10.0 Å². The second-order valence-electron chi connectivity index (χ2n) is 6.17. The Bertz CT molecular complexity index is 539. The van der Waals surface area contributed by atoms with Crippen molar-refractivity contribution in [2.45, 2.75) is 38.6 Å². The molecule has 0 saturated heterocycles. The number of carboxylic acid groups (broad SMARTS) is 1. The maximum Gasteiger partial charge on any atom is 0.306 e. The molecule has 1 amide bonds. The Morgan fingerprint density at radius 2 is 1.76 bits per heavy atom. The number of nitrogens with one attached hydrogen (secondary N) is 1. The van der Waals surface area contributed by atoms with Crippen LogP contribution >= 0.6 is 15.9 Å². The summed E-state index contributed by atoms with van der Waals surface area (Å²) in [5.41, 5.74) is 0.547. The molecule has 2 atom stereocenters. The third kappa shape index (κ3) is 3.84. The molecular formula is C16H20BrNO3. The van der Waals surface area contributed by atoms with Crippen molar-refractivity contribution in [1.82, 2.24) is 5.32 Å². The number of halogens is 1. The number of hydrogen-bond donors (Lipinski definition) is 2. The fourth-order valence-corrected chi connectivity index (χ4v) is 3.06. The fourth-order valence-electron chi connectivity index (χ4n) is 2.79. The van der Waals surface area contributed by atoms with Crippen LogP contribution in [-0.2, 0) is 15.1 Å². The summed E-state index contributed by atoms with van der Waals surface area (Å²) in [6.07, 6.45) is 1.68. The fraction of sp³-hybridized carbons (Fsp3) is 0.500. The first kappa shape index (κ1) is 16.0. The monoisotopic (exact) mass is 353 g/mol. The summed E-state index contributed by atoms with van der Waals surface area (Å²) in [4.78, 5) is 23.3. The first-order valence-electron chi connectivity index (χ1n) is 7.10. The maximum absolute atomic E-state index is 12.4. The van der Waals surface area contributed by atoms with Gasteiger partial charge in [0.05, 0.1) is 11.5 Å². The van der Waals surface area contributed by atoms with Gasteiger partial charge in [-0.25, -0.2) is 0 Å². The standard InChI is InChI=1S/C16H20BrNO3/c1-16(2,12-5-7-13(17)8-6-12)18-14(19)10-3-4-11(9-10)15(20)21/h5-8,10-11H,3-4,9H2,1-2H3,(H,18,19)(H,20,21). The first-order chi connectivity index (χ1) is 9.79. The highest BCUT2D eigenvalue weighted by molar-refractivity contribution is 9.10. The summed E-state index contributed by atoms with van der Waals surface area (Å²) in [6, 6.07) is 7.83. The largest absolute Gasteiger partial charge is 0.481 e. The molecule has 1 aliphatic carbocycles. The van der Waals surface area contributed by atoms with Gasteiger partial charge in [-0.1, -0.05) is 28.1 Å². The second kappa shape index (κ2) is 6.18. The van der Waals surface area contributed by atoms with Crippen LogP contribution in [0.2, 0.25) is 0 Å². The molecule has 1 aromatic carbocycles. The lowest BCUT2D eigenvalue weighted by Crippen LogP contribution is -2.43. The summed E-state index contributed by atoms with van der Waals surface area (Å²) in [6.45, 7) is 3.91. The number of aliphatic carboxylic acids is 1. The molecule has 1 aliphatic rings. The normalized spacial score (nSPS) is 22.0. The topological polar surface area (TPSA) is 66.4 Å². The van der Waals surface area contributed by atoms with Crippen molar-refractivity contribution < 1.29 is 14.7 Å². The Labute approximate surface area is 133 Å². The lowest BCUT2D eigenvalue weighted by Gasteiger charge is -2.28. The number of benzene rings is 1. The average molecular weight is 354 g/mol. The summed E-state index contributed by atoms with van der Waals surface area (Å²) in [5, 5.41) is 12.1. The quantitative estimate of drug-likeness (QED) is 0.872.